The highest BCUT2D eigenvalue weighted by molar-refractivity contribution is 7.89. The molecule has 1 unspecified atom stereocenters. The summed E-state index contributed by atoms with van der Waals surface area (Å²) < 4.78 is 28.2. The van der Waals surface area contributed by atoms with Crippen LogP contribution in [0.4, 0.5) is 5.69 Å². The molecule has 1 N–H and O–H groups in total. The average molecular weight is 416 g/mol. The molecular formula is C20H21N3O3S2. The summed E-state index contributed by atoms with van der Waals surface area (Å²) in [6, 6.07) is 14.0. The number of hydrogen-bond donors (Lipinski definition) is 1. The van der Waals surface area contributed by atoms with E-state index in [2.05, 4.69) is 10.3 Å². The third-order valence-electron chi connectivity index (χ3n) is 4.90. The van der Waals surface area contributed by atoms with Crippen LogP contribution in [0.5, 0.6) is 0 Å². The number of hydrogen-bond acceptors (Lipinski definition) is 5. The third-order valence-corrected chi connectivity index (χ3v) is 7.73. The number of aromatic nitrogens is 1. The second-order valence-corrected chi connectivity index (χ2v) is 10.1. The second kappa shape index (κ2) is 7.62. The largest absolute Gasteiger partial charge is 0.326 e. The van der Waals surface area contributed by atoms with Crippen LogP contribution in [0, 0.1) is 12.8 Å². The van der Waals surface area contributed by atoms with E-state index in [0.29, 0.717) is 25.1 Å². The van der Waals surface area contributed by atoms with Crippen molar-refractivity contribution in [3.05, 3.63) is 53.5 Å². The van der Waals surface area contributed by atoms with Gasteiger partial charge in [-0.3, -0.25) is 4.79 Å². The van der Waals surface area contributed by atoms with Crippen molar-refractivity contribution in [2.75, 3.05) is 18.4 Å². The third kappa shape index (κ3) is 3.80. The monoisotopic (exact) mass is 415 g/mol. The molecule has 0 spiro atoms. The quantitative estimate of drug-likeness (QED) is 0.705. The zero-order valence-electron chi connectivity index (χ0n) is 15.5. The molecule has 0 saturated carbocycles. The molecule has 2 aromatic carbocycles. The summed E-state index contributed by atoms with van der Waals surface area (Å²) in [5.41, 5.74) is 1.54. The molecule has 4 rings (SSSR count). The number of piperidine rings is 1. The zero-order chi connectivity index (χ0) is 19.7. The normalized spacial score (nSPS) is 18.2. The summed E-state index contributed by atoms with van der Waals surface area (Å²) in [6.07, 6.45) is 1.33. The first-order valence-electron chi connectivity index (χ1n) is 9.17. The van der Waals surface area contributed by atoms with E-state index in [0.717, 1.165) is 15.2 Å². The van der Waals surface area contributed by atoms with Crippen LogP contribution < -0.4 is 5.32 Å². The zero-order valence-corrected chi connectivity index (χ0v) is 17.1. The van der Waals surface area contributed by atoms with E-state index in [1.54, 1.807) is 41.7 Å². The van der Waals surface area contributed by atoms with Crippen LogP contribution in [0.3, 0.4) is 0 Å². The van der Waals surface area contributed by atoms with Crippen LogP contribution in [0.25, 0.3) is 10.2 Å². The molecule has 0 bridgehead atoms. The van der Waals surface area contributed by atoms with Gasteiger partial charge in [0.2, 0.25) is 15.9 Å². The predicted octanol–water partition coefficient (Wildman–Crippen LogP) is 3.64. The fraction of sp³-hybridized carbons (Fsp3) is 0.300. The summed E-state index contributed by atoms with van der Waals surface area (Å²) in [5.74, 6) is -0.528. The standard InChI is InChI=1S/C20H21N3O3S2/c1-14-21-18-12-16(9-10-19(18)27-14)22-20(24)15-6-5-11-23(13-15)28(25,26)17-7-3-2-4-8-17/h2-4,7-10,12,15H,5-6,11,13H2,1H3,(H,22,24). The molecule has 2 heterocycles. The lowest BCUT2D eigenvalue weighted by atomic mass is 9.98. The summed E-state index contributed by atoms with van der Waals surface area (Å²) in [6.45, 7) is 2.58. The molecule has 1 aromatic heterocycles. The van der Waals surface area contributed by atoms with E-state index in [1.165, 1.54) is 4.31 Å². The molecule has 1 aliphatic rings. The van der Waals surface area contributed by atoms with Gasteiger partial charge in [0, 0.05) is 18.8 Å². The first-order valence-corrected chi connectivity index (χ1v) is 11.4. The first-order chi connectivity index (χ1) is 13.4. The summed E-state index contributed by atoms with van der Waals surface area (Å²) in [5, 5.41) is 3.91. The van der Waals surface area contributed by atoms with Crippen molar-refractivity contribution in [3.63, 3.8) is 0 Å². The van der Waals surface area contributed by atoms with Gasteiger partial charge < -0.3 is 5.32 Å². The number of fused-ring (bicyclic) bond motifs is 1. The van der Waals surface area contributed by atoms with E-state index in [4.69, 9.17) is 0 Å². The van der Waals surface area contributed by atoms with Crippen LogP contribution in [0.2, 0.25) is 0 Å². The molecule has 3 aromatic rings. The number of rotatable bonds is 4. The van der Waals surface area contributed by atoms with Crippen LogP contribution in [-0.4, -0.2) is 36.7 Å². The smallest absolute Gasteiger partial charge is 0.243 e. The number of thiazole rings is 1. The van der Waals surface area contributed by atoms with Crippen molar-refractivity contribution >= 4 is 43.2 Å². The number of carbonyl (C=O) groups is 1. The molecule has 1 atom stereocenters. The van der Waals surface area contributed by atoms with Gasteiger partial charge >= 0.3 is 0 Å². The number of nitrogens with one attached hydrogen (secondary N) is 1. The summed E-state index contributed by atoms with van der Waals surface area (Å²) in [4.78, 5) is 17.5. The van der Waals surface area contributed by atoms with Gasteiger partial charge in [-0.05, 0) is 50.1 Å². The Bertz CT molecular complexity index is 1110. The highest BCUT2D eigenvalue weighted by Gasteiger charge is 2.33. The second-order valence-electron chi connectivity index (χ2n) is 6.92. The Morgan fingerprint density at radius 2 is 2.00 bits per heavy atom. The SMILES string of the molecule is Cc1nc2cc(NC(=O)C3CCCN(S(=O)(=O)c4ccccc4)C3)ccc2s1. The fourth-order valence-corrected chi connectivity index (χ4v) is 5.83. The van der Waals surface area contributed by atoms with E-state index >= 15 is 0 Å². The Balaban J connectivity index is 1.48. The van der Waals surface area contributed by atoms with Gasteiger partial charge in [-0.1, -0.05) is 18.2 Å². The van der Waals surface area contributed by atoms with Crippen molar-refractivity contribution in [1.82, 2.24) is 9.29 Å². The molecule has 1 amide bonds. The van der Waals surface area contributed by atoms with E-state index in [-0.39, 0.29) is 23.3 Å². The van der Waals surface area contributed by atoms with Gasteiger partial charge in [0.1, 0.15) is 0 Å². The molecule has 8 heteroatoms. The number of benzene rings is 2. The molecule has 0 radical (unpaired) electrons. The minimum absolute atomic E-state index is 0.153. The maximum atomic E-state index is 12.8. The van der Waals surface area contributed by atoms with Crippen molar-refractivity contribution in [3.8, 4) is 0 Å². The number of nitrogens with zero attached hydrogens (tertiary/aromatic N) is 2. The van der Waals surface area contributed by atoms with E-state index < -0.39 is 10.0 Å². The van der Waals surface area contributed by atoms with Crippen LogP contribution in [0.15, 0.2) is 53.4 Å². The molecule has 0 aliphatic carbocycles. The number of carbonyl (C=O) groups excluding carboxylic acids is 1. The van der Waals surface area contributed by atoms with Gasteiger partial charge in [0.05, 0.1) is 26.0 Å². The molecule has 1 fully saturated rings. The minimum atomic E-state index is -3.58. The van der Waals surface area contributed by atoms with Crippen LogP contribution in [-0.2, 0) is 14.8 Å². The minimum Gasteiger partial charge on any atom is -0.326 e. The van der Waals surface area contributed by atoms with Crippen molar-refractivity contribution in [2.45, 2.75) is 24.7 Å². The highest BCUT2D eigenvalue weighted by Crippen LogP contribution is 2.27. The van der Waals surface area contributed by atoms with Gasteiger partial charge in [0.15, 0.2) is 0 Å². The molecule has 28 heavy (non-hydrogen) atoms. The van der Waals surface area contributed by atoms with Crippen molar-refractivity contribution in [1.29, 1.82) is 0 Å². The Morgan fingerprint density at radius 3 is 2.79 bits per heavy atom. The van der Waals surface area contributed by atoms with Gasteiger partial charge in [-0.15, -0.1) is 11.3 Å². The Labute approximate surface area is 168 Å². The highest BCUT2D eigenvalue weighted by atomic mass is 32.2. The van der Waals surface area contributed by atoms with Crippen molar-refractivity contribution in [2.24, 2.45) is 5.92 Å². The molecule has 146 valence electrons. The Kier molecular flexibility index (Phi) is 5.18. The number of amides is 1. The summed E-state index contributed by atoms with van der Waals surface area (Å²) >= 11 is 1.61. The average Bonchev–Trinajstić information content (AvgIpc) is 3.08. The fourth-order valence-electron chi connectivity index (χ4n) is 3.48. The number of anilines is 1. The lowest BCUT2D eigenvalue weighted by molar-refractivity contribution is -0.120. The first kappa shape index (κ1) is 19.0. The molecule has 6 nitrogen and oxygen atoms in total. The van der Waals surface area contributed by atoms with Crippen LogP contribution >= 0.6 is 11.3 Å². The lowest BCUT2D eigenvalue weighted by Crippen LogP contribution is -2.43. The Morgan fingerprint density at radius 1 is 1.21 bits per heavy atom. The molecule has 1 aliphatic heterocycles. The number of aryl methyl sites for hydroxylation is 1. The Hall–Kier alpha value is -2.29. The summed E-state index contributed by atoms with van der Waals surface area (Å²) in [7, 11) is -3.58. The predicted molar refractivity (Wildman–Crippen MR) is 111 cm³/mol. The molecular weight excluding hydrogens is 394 g/mol. The van der Waals surface area contributed by atoms with Gasteiger partial charge in [-0.25, -0.2) is 13.4 Å². The van der Waals surface area contributed by atoms with Crippen molar-refractivity contribution < 1.29 is 13.2 Å². The molecule has 1 saturated heterocycles. The van der Waals surface area contributed by atoms with E-state index in [1.807, 2.05) is 25.1 Å². The van der Waals surface area contributed by atoms with Gasteiger partial charge in [-0.2, -0.15) is 4.31 Å². The van der Waals surface area contributed by atoms with Crippen LogP contribution in [0.1, 0.15) is 17.8 Å². The maximum Gasteiger partial charge on any atom is 0.243 e. The topological polar surface area (TPSA) is 79.4 Å². The maximum absolute atomic E-state index is 12.8. The lowest BCUT2D eigenvalue weighted by Gasteiger charge is -2.31. The van der Waals surface area contributed by atoms with Gasteiger partial charge in [0.25, 0.3) is 0 Å². The number of sulfonamides is 1. The van der Waals surface area contributed by atoms with E-state index in [9.17, 15) is 13.2 Å².